The summed E-state index contributed by atoms with van der Waals surface area (Å²) in [6.45, 7) is 3.38. The van der Waals surface area contributed by atoms with Crippen molar-refractivity contribution in [3.8, 4) is 11.3 Å². The number of halogens is 1. The Morgan fingerprint density at radius 1 is 1.43 bits per heavy atom. The number of pyridine rings is 1. The lowest BCUT2D eigenvalue weighted by Crippen LogP contribution is -2.39. The van der Waals surface area contributed by atoms with E-state index in [-0.39, 0.29) is 11.8 Å². The van der Waals surface area contributed by atoms with Gasteiger partial charge in [-0.05, 0) is 25.0 Å². The quantitative estimate of drug-likeness (QED) is 0.810. The third-order valence-electron chi connectivity index (χ3n) is 4.11. The van der Waals surface area contributed by atoms with Crippen LogP contribution in [0.25, 0.3) is 11.3 Å². The second kappa shape index (κ2) is 7.04. The largest absolute Gasteiger partial charge is 0.342 e. The lowest BCUT2D eigenvalue weighted by Gasteiger charge is -2.32. The minimum Gasteiger partial charge on any atom is -0.342 e. The summed E-state index contributed by atoms with van der Waals surface area (Å²) in [5, 5.41) is 0.424. The molecule has 1 unspecified atom stereocenters. The zero-order chi connectivity index (χ0) is 16.2. The Bertz CT molecular complexity index is 692. The molecule has 1 aliphatic heterocycles. The summed E-state index contributed by atoms with van der Waals surface area (Å²) < 4.78 is 0. The van der Waals surface area contributed by atoms with E-state index in [1.165, 1.54) is 0 Å². The molecule has 0 bridgehead atoms. The van der Waals surface area contributed by atoms with Crippen LogP contribution in [0.4, 0.5) is 0 Å². The minimum absolute atomic E-state index is 0.133. The molecule has 5 nitrogen and oxygen atoms in total. The highest BCUT2D eigenvalue weighted by atomic mass is 35.5. The van der Waals surface area contributed by atoms with E-state index in [4.69, 9.17) is 11.6 Å². The minimum atomic E-state index is 0.133. The van der Waals surface area contributed by atoms with Gasteiger partial charge in [-0.2, -0.15) is 0 Å². The summed E-state index contributed by atoms with van der Waals surface area (Å²) in [6, 6.07) is 5.57. The Kier molecular flexibility index (Phi) is 4.86. The Hall–Kier alpha value is -2.01. The van der Waals surface area contributed by atoms with E-state index >= 15 is 0 Å². The molecule has 3 rings (SSSR count). The molecule has 0 spiro atoms. The second-order valence-corrected chi connectivity index (χ2v) is 6.10. The number of likely N-dealkylation sites (tertiary alicyclic amines) is 1. The number of nitrogens with zero attached hydrogens (tertiary/aromatic N) is 4. The first kappa shape index (κ1) is 15.9. The fraction of sp³-hybridized carbons (Fsp3) is 0.412. The van der Waals surface area contributed by atoms with Gasteiger partial charge in [0.2, 0.25) is 5.91 Å². The molecule has 6 heteroatoms. The van der Waals surface area contributed by atoms with Crippen molar-refractivity contribution in [1.29, 1.82) is 0 Å². The van der Waals surface area contributed by atoms with Crippen LogP contribution in [0.1, 0.15) is 37.9 Å². The molecule has 0 N–H and O–H groups in total. The monoisotopic (exact) mass is 330 g/mol. The molecule has 23 heavy (non-hydrogen) atoms. The summed E-state index contributed by atoms with van der Waals surface area (Å²) in [5.41, 5.74) is 1.68. The topological polar surface area (TPSA) is 59.0 Å². The average Bonchev–Trinajstić information content (AvgIpc) is 2.61. The summed E-state index contributed by atoms with van der Waals surface area (Å²) in [5.74, 6) is 1.03. The average molecular weight is 331 g/mol. The van der Waals surface area contributed by atoms with Crippen molar-refractivity contribution < 1.29 is 4.79 Å². The van der Waals surface area contributed by atoms with E-state index < -0.39 is 0 Å². The van der Waals surface area contributed by atoms with Crippen molar-refractivity contribution >= 4 is 17.5 Å². The van der Waals surface area contributed by atoms with Gasteiger partial charge in [0.15, 0.2) is 0 Å². The zero-order valence-electron chi connectivity index (χ0n) is 13.1. The molecule has 0 saturated carbocycles. The van der Waals surface area contributed by atoms with Crippen LogP contribution in [0.2, 0.25) is 5.15 Å². The lowest BCUT2D eigenvalue weighted by atomic mass is 9.96. The highest BCUT2D eigenvalue weighted by Crippen LogP contribution is 2.28. The normalized spacial score (nSPS) is 18.0. The van der Waals surface area contributed by atoms with Gasteiger partial charge in [-0.15, -0.1) is 0 Å². The maximum Gasteiger partial charge on any atom is 0.222 e. The fourth-order valence-corrected chi connectivity index (χ4v) is 3.11. The Balaban J connectivity index is 1.88. The highest BCUT2D eigenvalue weighted by molar-refractivity contribution is 6.29. The van der Waals surface area contributed by atoms with Crippen molar-refractivity contribution in [2.75, 3.05) is 13.1 Å². The molecule has 2 aromatic rings. The van der Waals surface area contributed by atoms with E-state index in [9.17, 15) is 4.79 Å². The Morgan fingerprint density at radius 3 is 3.04 bits per heavy atom. The number of amides is 1. The maximum atomic E-state index is 11.9. The highest BCUT2D eigenvalue weighted by Gasteiger charge is 2.26. The number of hydrogen-bond acceptors (Lipinski definition) is 4. The third-order valence-corrected chi connectivity index (χ3v) is 4.30. The molecule has 1 fully saturated rings. The van der Waals surface area contributed by atoms with Gasteiger partial charge in [0, 0.05) is 49.5 Å². The van der Waals surface area contributed by atoms with Crippen molar-refractivity contribution in [1.82, 2.24) is 19.9 Å². The van der Waals surface area contributed by atoms with Crippen molar-refractivity contribution in [3.63, 3.8) is 0 Å². The first-order valence-electron chi connectivity index (χ1n) is 7.90. The van der Waals surface area contributed by atoms with Crippen LogP contribution in [0, 0.1) is 0 Å². The van der Waals surface area contributed by atoms with E-state index in [1.54, 1.807) is 18.5 Å². The molecule has 0 aliphatic carbocycles. The van der Waals surface area contributed by atoms with Gasteiger partial charge in [-0.25, -0.2) is 9.97 Å². The number of carbonyl (C=O) groups excluding carboxylic acids is 1. The SMILES string of the molecule is CCC(=O)N1CCCC(c2nc(Cl)cc(-c3cccnc3)n2)C1. The Morgan fingerprint density at radius 2 is 2.30 bits per heavy atom. The van der Waals surface area contributed by atoms with E-state index in [1.807, 2.05) is 24.0 Å². The van der Waals surface area contributed by atoms with Crippen LogP contribution < -0.4 is 0 Å². The molecule has 1 saturated heterocycles. The number of piperidine rings is 1. The van der Waals surface area contributed by atoms with Crippen LogP contribution in [0.15, 0.2) is 30.6 Å². The maximum absolute atomic E-state index is 11.9. The second-order valence-electron chi connectivity index (χ2n) is 5.71. The molecule has 1 atom stereocenters. The van der Waals surface area contributed by atoms with Gasteiger partial charge in [0.25, 0.3) is 0 Å². The smallest absolute Gasteiger partial charge is 0.222 e. The molecule has 1 amide bonds. The van der Waals surface area contributed by atoms with Crippen LogP contribution in [0.5, 0.6) is 0 Å². The molecule has 0 radical (unpaired) electrons. The van der Waals surface area contributed by atoms with Crippen LogP contribution in [-0.2, 0) is 4.79 Å². The van der Waals surface area contributed by atoms with Crippen molar-refractivity contribution in [2.24, 2.45) is 0 Å². The van der Waals surface area contributed by atoms with Crippen LogP contribution in [-0.4, -0.2) is 38.8 Å². The molecule has 2 aromatic heterocycles. The predicted octanol–water partition coefficient (Wildman–Crippen LogP) is 3.31. The zero-order valence-corrected chi connectivity index (χ0v) is 13.8. The van der Waals surface area contributed by atoms with E-state index in [0.717, 1.165) is 30.6 Å². The van der Waals surface area contributed by atoms with Crippen LogP contribution in [0.3, 0.4) is 0 Å². The van der Waals surface area contributed by atoms with Crippen molar-refractivity contribution in [3.05, 3.63) is 41.6 Å². The molecular formula is C17H19ClN4O. The lowest BCUT2D eigenvalue weighted by molar-refractivity contribution is -0.132. The van der Waals surface area contributed by atoms with Gasteiger partial charge in [-0.1, -0.05) is 18.5 Å². The van der Waals surface area contributed by atoms with Crippen LogP contribution >= 0.6 is 11.6 Å². The predicted molar refractivity (Wildman–Crippen MR) is 89.1 cm³/mol. The molecule has 3 heterocycles. The number of rotatable bonds is 3. The van der Waals surface area contributed by atoms with E-state index in [0.29, 0.717) is 23.9 Å². The van der Waals surface area contributed by atoms with Gasteiger partial charge in [0.1, 0.15) is 11.0 Å². The number of hydrogen-bond donors (Lipinski definition) is 0. The summed E-state index contributed by atoms with van der Waals surface area (Å²) in [4.78, 5) is 27.0. The number of aromatic nitrogens is 3. The molecule has 1 aliphatic rings. The van der Waals surface area contributed by atoms with Gasteiger partial charge < -0.3 is 4.90 Å². The van der Waals surface area contributed by atoms with Crippen molar-refractivity contribution in [2.45, 2.75) is 32.1 Å². The van der Waals surface area contributed by atoms with Gasteiger partial charge in [0.05, 0.1) is 5.69 Å². The fourth-order valence-electron chi connectivity index (χ4n) is 2.92. The molecule has 120 valence electrons. The van der Waals surface area contributed by atoms with E-state index in [2.05, 4.69) is 15.0 Å². The molecule has 0 aromatic carbocycles. The number of carbonyl (C=O) groups is 1. The molecular weight excluding hydrogens is 312 g/mol. The van der Waals surface area contributed by atoms with Gasteiger partial charge >= 0.3 is 0 Å². The third kappa shape index (κ3) is 3.67. The summed E-state index contributed by atoms with van der Waals surface area (Å²) >= 11 is 6.19. The summed E-state index contributed by atoms with van der Waals surface area (Å²) in [7, 11) is 0. The Labute approximate surface area is 140 Å². The summed E-state index contributed by atoms with van der Waals surface area (Å²) in [6.07, 6.45) is 5.96. The first-order chi connectivity index (χ1) is 11.2. The first-order valence-corrected chi connectivity index (χ1v) is 8.28. The standard InChI is InChI=1S/C17H19ClN4O/c1-2-16(23)22-8-4-6-13(11-22)17-20-14(9-15(18)21-17)12-5-3-7-19-10-12/h3,5,7,9-10,13H,2,4,6,8,11H2,1H3. The van der Waals surface area contributed by atoms with Gasteiger partial charge in [-0.3, -0.25) is 9.78 Å².